The Morgan fingerprint density at radius 1 is 0.893 bits per heavy atom. The first kappa shape index (κ1) is 17.9. The molecule has 1 aliphatic rings. The normalized spacial score (nSPS) is 12.7. The van der Waals surface area contributed by atoms with Crippen LogP contribution in [0.25, 0.3) is 6.08 Å². The van der Waals surface area contributed by atoms with E-state index >= 15 is 0 Å². The molecule has 3 aromatic carbocycles. The molecule has 28 heavy (non-hydrogen) atoms. The van der Waals surface area contributed by atoms with Crippen LogP contribution >= 0.6 is 0 Å². The number of anilines is 1. The number of para-hydroxylation sites is 1. The number of carbonyl (C=O) groups is 1. The zero-order valence-corrected chi connectivity index (χ0v) is 15.4. The molecule has 0 fully saturated rings. The molecule has 140 valence electrons. The number of hydrogen-bond acceptors (Lipinski definition) is 3. The van der Waals surface area contributed by atoms with Crippen molar-refractivity contribution in [1.82, 2.24) is 0 Å². The zero-order valence-electron chi connectivity index (χ0n) is 15.4. The molecule has 1 amide bonds. The van der Waals surface area contributed by atoms with E-state index in [1.165, 1.54) is 11.6 Å². The Kier molecular flexibility index (Phi) is 5.38. The van der Waals surface area contributed by atoms with Gasteiger partial charge in [-0.15, -0.1) is 0 Å². The van der Waals surface area contributed by atoms with Gasteiger partial charge in [0.2, 0.25) is 5.91 Å². The molecule has 1 heterocycles. The Balaban J connectivity index is 1.45. The van der Waals surface area contributed by atoms with Crippen molar-refractivity contribution < 1.29 is 14.3 Å². The minimum absolute atomic E-state index is 0.171. The van der Waals surface area contributed by atoms with Crippen LogP contribution in [0.15, 0.2) is 78.9 Å². The van der Waals surface area contributed by atoms with E-state index in [1.807, 2.05) is 60.7 Å². The molecule has 0 saturated heterocycles. The molecule has 4 heteroatoms. The summed E-state index contributed by atoms with van der Waals surface area (Å²) in [5.74, 6) is 1.28. The van der Waals surface area contributed by atoms with E-state index in [-0.39, 0.29) is 5.91 Å². The SMILES string of the molecule is O=C(/C=C/c1ccc2c(c1)OCCO2)Nc1ccccc1Cc1ccccc1. The number of carbonyl (C=O) groups excluding carboxylic acids is 1. The van der Waals surface area contributed by atoms with Crippen molar-refractivity contribution in [2.45, 2.75) is 6.42 Å². The second-order valence-corrected chi connectivity index (χ2v) is 6.55. The number of hydrogen-bond donors (Lipinski definition) is 1. The summed E-state index contributed by atoms with van der Waals surface area (Å²) in [5, 5.41) is 2.98. The molecule has 0 saturated carbocycles. The molecular weight excluding hydrogens is 350 g/mol. The standard InChI is InChI=1S/C24H21NO3/c26-24(13-11-19-10-12-22-23(17-19)28-15-14-27-22)25-21-9-5-4-8-20(21)16-18-6-2-1-3-7-18/h1-13,17H,14-16H2,(H,25,26)/b13-11+. The lowest BCUT2D eigenvalue weighted by atomic mass is 10.0. The largest absolute Gasteiger partial charge is 0.486 e. The van der Waals surface area contributed by atoms with Crippen LogP contribution in [0.4, 0.5) is 5.69 Å². The molecule has 0 unspecified atom stereocenters. The molecule has 4 nitrogen and oxygen atoms in total. The van der Waals surface area contributed by atoms with Gasteiger partial charge in [0.15, 0.2) is 11.5 Å². The van der Waals surface area contributed by atoms with Crippen molar-refractivity contribution in [3.63, 3.8) is 0 Å². The van der Waals surface area contributed by atoms with Crippen LogP contribution in [0.3, 0.4) is 0 Å². The van der Waals surface area contributed by atoms with Crippen molar-refractivity contribution >= 4 is 17.7 Å². The third kappa shape index (κ3) is 4.41. The highest BCUT2D eigenvalue weighted by Crippen LogP contribution is 2.31. The summed E-state index contributed by atoms with van der Waals surface area (Å²) in [6.07, 6.45) is 4.07. The first-order valence-corrected chi connectivity index (χ1v) is 9.28. The lowest BCUT2D eigenvalue weighted by molar-refractivity contribution is -0.111. The molecule has 0 bridgehead atoms. The Hall–Kier alpha value is -3.53. The van der Waals surface area contributed by atoms with Crippen LogP contribution in [0.5, 0.6) is 11.5 Å². The second-order valence-electron chi connectivity index (χ2n) is 6.55. The summed E-state index contributed by atoms with van der Waals surface area (Å²) in [5.41, 5.74) is 3.99. The summed E-state index contributed by atoms with van der Waals surface area (Å²) >= 11 is 0. The molecule has 0 aliphatic carbocycles. The van der Waals surface area contributed by atoms with E-state index in [0.29, 0.717) is 19.0 Å². The fourth-order valence-electron chi connectivity index (χ4n) is 3.12. The zero-order chi connectivity index (χ0) is 19.2. The lowest BCUT2D eigenvalue weighted by Gasteiger charge is -2.18. The van der Waals surface area contributed by atoms with E-state index in [2.05, 4.69) is 17.4 Å². The average molecular weight is 371 g/mol. The van der Waals surface area contributed by atoms with Gasteiger partial charge in [0.05, 0.1) is 0 Å². The first-order chi connectivity index (χ1) is 13.8. The number of amides is 1. The molecule has 1 aliphatic heterocycles. The van der Waals surface area contributed by atoms with Crippen LogP contribution in [0.1, 0.15) is 16.7 Å². The molecule has 0 aromatic heterocycles. The summed E-state index contributed by atoms with van der Waals surface area (Å²) in [6, 6.07) is 23.7. The van der Waals surface area contributed by atoms with Gasteiger partial charge < -0.3 is 14.8 Å². The summed E-state index contributed by atoms with van der Waals surface area (Å²) in [4.78, 5) is 12.4. The van der Waals surface area contributed by atoms with E-state index in [0.717, 1.165) is 29.0 Å². The van der Waals surface area contributed by atoms with E-state index in [9.17, 15) is 4.79 Å². The highest BCUT2D eigenvalue weighted by atomic mass is 16.6. The highest BCUT2D eigenvalue weighted by Gasteiger charge is 2.11. The molecule has 3 aromatic rings. The van der Waals surface area contributed by atoms with Gasteiger partial charge in [0.1, 0.15) is 13.2 Å². The van der Waals surface area contributed by atoms with Gasteiger partial charge in [-0.1, -0.05) is 54.6 Å². The van der Waals surface area contributed by atoms with Crippen LogP contribution in [-0.2, 0) is 11.2 Å². The quantitative estimate of drug-likeness (QED) is 0.661. The van der Waals surface area contributed by atoms with Crippen molar-refractivity contribution in [1.29, 1.82) is 0 Å². The fourth-order valence-corrected chi connectivity index (χ4v) is 3.12. The number of rotatable bonds is 5. The van der Waals surface area contributed by atoms with Crippen LogP contribution < -0.4 is 14.8 Å². The number of ether oxygens (including phenoxy) is 2. The maximum atomic E-state index is 12.4. The Bertz CT molecular complexity index is 996. The van der Waals surface area contributed by atoms with Gasteiger partial charge in [-0.25, -0.2) is 0 Å². The maximum absolute atomic E-state index is 12.4. The Morgan fingerprint density at radius 3 is 2.50 bits per heavy atom. The monoisotopic (exact) mass is 371 g/mol. The maximum Gasteiger partial charge on any atom is 0.248 e. The van der Waals surface area contributed by atoms with E-state index in [1.54, 1.807) is 6.08 Å². The van der Waals surface area contributed by atoms with Crippen LogP contribution in [0.2, 0.25) is 0 Å². The first-order valence-electron chi connectivity index (χ1n) is 9.28. The minimum atomic E-state index is -0.171. The third-order valence-electron chi connectivity index (χ3n) is 4.51. The van der Waals surface area contributed by atoms with Gasteiger partial charge >= 0.3 is 0 Å². The van der Waals surface area contributed by atoms with Crippen molar-refractivity contribution in [3.8, 4) is 11.5 Å². The Morgan fingerprint density at radius 2 is 1.64 bits per heavy atom. The predicted molar refractivity (Wildman–Crippen MR) is 111 cm³/mol. The van der Waals surface area contributed by atoms with Gasteiger partial charge in [-0.2, -0.15) is 0 Å². The number of nitrogens with one attached hydrogen (secondary N) is 1. The summed E-state index contributed by atoms with van der Waals surface area (Å²) in [6.45, 7) is 1.10. The summed E-state index contributed by atoms with van der Waals surface area (Å²) in [7, 11) is 0. The predicted octanol–water partition coefficient (Wildman–Crippen LogP) is 4.70. The van der Waals surface area contributed by atoms with Crippen molar-refractivity contribution in [2.75, 3.05) is 18.5 Å². The van der Waals surface area contributed by atoms with Gasteiger partial charge in [0.25, 0.3) is 0 Å². The van der Waals surface area contributed by atoms with E-state index < -0.39 is 0 Å². The van der Waals surface area contributed by atoms with Crippen LogP contribution in [0, 0.1) is 0 Å². The Labute approximate surface area is 164 Å². The summed E-state index contributed by atoms with van der Waals surface area (Å²) < 4.78 is 11.1. The molecule has 4 rings (SSSR count). The molecule has 1 N–H and O–H groups in total. The fraction of sp³-hybridized carbons (Fsp3) is 0.125. The molecular formula is C24H21NO3. The van der Waals surface area contributed by atoms with Gasteiger partial charge in [0, 0.05) is 11.8 Å². The lowest BCUT2D eigenvalue weighted by Crippen LogP contribution is -2.15. The average Bonchev–Trinajstić information content (AvgIpc) is 2.74. The number of fused-ring (bicyclic) bond motifs is 1. The molecule has 0 radical (unpaired) electrons. The van der Waals surface area contributed by atoms with Crippen molar-refractivity contribution in [3.05, 3.63) is 95.6 Å². The minimum Gasteiger partial charge on any atom is -0.486 e. The molecule has 0 atom stereocenters. The van der Waals surface area contributed by atoms with Crippen LogP contribution in [-0.4, -0.2) is 19.1 Å². The molecule has 0 spiro atoms. The third-order valence-corrected chi connectivity index (χ3v) is 4.51. The number of benzene rings is 3. The second kappa shape index (κ2) is 8.44. The topological polar surface area (TPSA) is 47.6 Å². The smallest absolute Gasteiger partial charge is 0.248 e. The van der Waals surface area contributed by atoms with Gasteiger partial charge in [-0.05, 0) is 47.4 Å². The highest BCUT2D eigenvalue weighted by molar-refractivity contribution is 6.02. The van der Waals surface area contributed by atoms with E-state index in [4.69, 9.17) is 9.47 Å². The van der Waals surface area contributed by atoms with Gasteiger partial charge in [-0.3, -0.25) is 4.79 Å². The van der Waals surface area contributed by atoms with Crippen molar-refractivity contribution in [2.24, 2.45) is 0 Å².